The Balaban J connectivity index is 2.13. The molecule has 0 unspecified atom stereocenters. The molecule has 2 nitrogen and oxygen atoms in total. The van der Waals surface area contributed by atoms with Gasteiger partial charge in [0.25, 0.3) is 0 Å². The van der Waals surface area contributed by atoms with Crippen LogP contribution >= 0.6 is 23.1 Å². The van der Waals surface area contributed by atoms with Crippen molar-refractivity contribution in [1.29, 1.82) is 5.41 Å². The lowest BCUT2D eigenvalue weighted by molar-refractivity contribution is 0.626. The van der Waals surface area contributed by atoms with Gasteiger partial charge in [-0.2, -0.15) is 0 Å². The van der Waals surface area contributed by atoms with E-state index >= 15 is 0 Å². The number of thioether (sulfide) groups is 1. The number of nitrogens with one attached hydrogen (secondary N) is 1. The minimum Gasteiger partial charge on any atom is -0.384 e. The summed E-state index contributed by atoms with van der Waals surface area (Å²) in [6, 6.07) is 8.53. The van der Waals surface area contributed by atoms with E-state index in [0.29, 0.717) is 11.3 Å². The third-order valence-corrected chi connectivity index (χ3v) is 4.35. The van der Waals surface area contributed by atoms with E-state index in [1.165, 1.54) is 16.3 Å². The molecule has 1 aromatic carbocycles. The fraction of sp³-hybridized carbons (Fsp3) is 0.0833. The Morgan fingerprint density at radius 3 is 2.88 bits per heavy atom. The maximum absolute atomic E-state index is 13.3. The molecule has 0 spiro atoms. The van der Waals surface area contributed by atoms with E-state index in [4.69, 9.17) is 11.1 Å². The van der Waals surface area contributed by atoms with Crippen molar-refractivity contribution in [2.24, 2.45) is 5.73 Å². The monoisotopic (exact) mass is 266 g/mol. The van der Waals surface area contributed by atoms with E-state index in [2.05, 4.69) is 0 Å². The van der Waals surface area contributed by atoms with Crippen molar-refractivity contribution in [2.45, 2.75) is 9.96 Å². The SMILES string of the molecule is N=C(N)c1cc(F)cc(CSc2cccs2)c1. The summed E-state index contributed by atoms with van der Waals surface area (Å²) < 4.78 is 14.5. The second-order valence-electron chi connectivity index (χ2n) is 3.48. The van der Waals surface area contributed by atoms with E-state index in [-0.39, 0.29) is 11.7 Å². The molecule has 17 heavy (non-hydrogen) atoms. The van der Waals surface area contributed by atoms with Crippen LogP contribution < -0.4 is 5.73 Å². The highest BCUT2D eigenvalue weighted by molar-refractivity contribution is 8.00. The number of rotatable bonds is 4. The molecule has 88 valence electrons. The van der Waals surface area contributed by atoms with Gasteiger partial charge in [-0.1, -0.05) is 6.07 Å². The molecule has 1 heterocycles. The number of nitrogens with two attached hydrogens (primary N) is 1. The predicted octanol–water partition coefficient (Wildman–Crippen LogP) is 3.46. The zero-order valence-corrected chi connectivity index (χ0v) is 10.6. The van der Waals surface area contributed by atoms with Crippen molar-refractivity contribution < 1.29 is 4.39 Å². The van der Waals surface area contributed by atoms with Crippen molar-refractivity contribution >= 4 is 28.9 Å². The summed E-state index contributed by atoms with van der Waals surface area (Å²) in [5.74, 6) is 0.227. The highest BCUT2D eigenvalue weighted by Gasteiger charge is 2.04. The standard InChI is InChI=1S/C12H11FN2S2/c13-10-5-8(4-9(6-10)12(14)15)7-17-11-2-1-3-16-11/h1-6H,7H2,(H3,14,15). The maximum atomic E-state index is 13.3. The van der Waals surface area contributed by atoms with E-state index in [1.54, 1.807) is 29.2 Å². The number of nitrogen functional groups attached to an aromatic ring is 1. The minimum absolute atomic E-state index is 0.105. The molecular weight excluding hydrogens is 255 g/mol. The summed E-state index contributed by atoms with van der Waals surface area (Å²) >= 11 is 3.31. The van der Waals surface area contributed by atoms with Gasteiger partial charge in [-0.05, 0) is 35.2 Å². The zero-order valence-electron chi connectivity index (χ0n) is 8.94. The van der Waals surface area contributed by atoms with Crippen LogP contribution in [-0.2, 0) is 5.75 Å². The Kier molecular flexibility index (Phi) is 3.81. The number of thiophene rings is 1. The third kappa shape index (κ3) is 3.31. The fourth-order valence-electron chi connectivity index (χ4n) is 1.39. The van der Waals surface area contributed by atoms with E-state index in [0.717, 1.165) is 5.56 Å². The molecule has 0 aliphatic carbocycles. The predicted molar refractivity (Wildman–Crippen MR) is 71.3 cm³/mol. The first-order valence-electron chi connectivity index (χ1n) is 4.95. The number of amidine groups is 1. The lowest BCUT2D eigenvalue weighted by Gasteiger charge is -2.04. The van der Waals surface area contributed by atoms with Crippen LogP contribution in [0.4, 0.5) is 4.39 Å². The van der Waals surface area contributed by atoms with Gasteiger partial charge in [0.2, 0.25) is 0 Å². The molecule has 0 atom stereocenters. The molecule has 0 aliphatic rings. The van der Waals surface area contributed by atoms with Crippen molar-refractivity contribution in [2.75, 3.05) is 0 Å². The second kappa shape index (κ2) is 5.33. The summed E-state index contributed by atoms with van der Waals surface area (Å²) in [5, 5.41) is 9.32. The average molecular weight is 266 g/mol. The van der Waals surface area contributed by atoms with Crippen LogP contribution in [-0.4, -0.2) is 5.84 Å². The topological polar surface area (TPSA) is 49.9 Å². The van der Waals surface area contributed by atoms with Gasteiger partial charge in [-0.3, -0.25) is 5.41 Å². The molecule has 2 rings (SSSR count). The molecule has 0 saturated heterocycles. The quantitative estimate of drug-likeness (QED) is 0.506. The smallest absolute Gasteiger partial charge is 0.124 e. The van der Waals surface area contributed by atoms with Crippen LogP contribution in [0.25, 0.3) is 0 Å². The summed E-state index contributed by atoms with van der Waals surface area (Å²) in [7, 11) is 0. The Morgan fingerprint density at radius 2 is 2.24 bits per heavy atom. The van der Waals surface area contributed by atoms with Gasteiger partial charge in [0, 0.05) is 11.3 Å². The van der Waals surface area contributed by atoms with Gasteiger partial charge in [0.05, 0.1) is 4.21 Å². The van der Waals surface area contributed by atoms with Crippen LogP contribution in [0.5, 0.6) is 0 Å². The number of benzene rings is 1. The summed E-state index contributed by atoms with van der Waals surface area (Å²) in [6.07, 6.45) is 0. The van der Waals surface area contributed by atoms with E-state index in [1.807, 2.05) is 17.5 Å². The Bertz CT molecular complexity index is 523. The molecule has 5 heteroatoms. The molecule has 0 fully saturated rings. The molecule has 0 amide bonds. The maximum Gasteiger partial charge on any atom is 0.124 e. The molecular formula is C12H11FN2S2. The Morgan fingerprint density at radius 1 is 1.41 bits per heavy atom. The lowest BCUT2D eigenvalue weighted by Crippen LogP contribution is -2.11. The van der Waals surface area contributed by atoms with Crippen molar-refractivity contribution in [3.8, 4) is 0 Å². The summed E-state index contributed by atoms with van der Waals surface area (Å²) in [5.41, 5.74) is 6.63. The largest absolute Gasteiger partial charge is 0.384 e. The van der Waals surface area contributed by atoms with Crippen molar-refractivity contribution in [3.05, 3.63) is 52.7 Å². The van der Waals surface area contributed by atoms with Gasteiger partial charge in [0.15, 0.2) is 0 Å². The summed E-state index contributed by atoms with van der Waals surface area (Å²) in [6.45, 7) is 0. The summed E-state index contributed by atoms with van der Waals surface area (Å²) in [4.78, 5) is 0. The molecule has 2 aromatic rings. The van der Waals surface area contributed by atoms with Crippen molar-refractivity contribution in [1.82, 2.24) is 0 Å². The minimum atomic E-state index is -0.348. The van der Waals surface area contributed by atoms with Crippen LogP contribution in [0.1, 0.15) is 11.1 Å². The van der Waals surface area contributed by atoms with Gasteiger partial charge < -0.3 is 5.73 Å². The van der Waals surface area contributed by atoms with Gasteiger partial charge in [-0.25, -0.2) is 4.39 Å². The molecule has 3 N–H and O–H groups in total. The average Bonchev–Trinajstić information content (AvgIpc) is 2.78. The first kappa shape index (κ1) is 12.1. The van der Waals surface area contributed by atoms with Crippen LogP contribution in [0, 0.1) is 11.2 Å². The Labute approximate surface area is 107 Å². The number of hydrogen-bond donors (Lipinski definition) is 2. The van der Waals surface area contributed by atoms with Gasteiger partial charge >= 0.3 is 0 Å². The van der Waals surface area contributed by atoms with E-state index < -0.39 is 0 Å². The van der Waals surface area contributed by atoms with Crippen LogP contribution in [0.2, 0.25) is 0 Å². The third-order valence-electron chi connectivity index (χ3n) is 2.14. The zero-order chi connectivity index (χ0) is 12.3. The highest BCUT2D eigenvalue weighted by Crippen LogP contribution is 2.27. The van der Waals surface area contributed by atoms with E-state index in [9.17, 15) is 4.39 Å². The molecule has 0 bridgehead atoms. The first-order valence-corrected chi connectivity index (χ1v) is 6.82. The Hall–Kier alpha value is -1.33. The highest BCUT2D eigenvalue weighted by atomic mass is 32.2. The van der Waals surface area contributed by atoms with Crippen LogP contribution in [0.15, 0.2) is 39.9 Å². The van der Waals surface area contributed by atoms with Gasteiger partial charge in [0.1, 0.15) is 11.7 Å². The molecule has 0 radical (unpaired) electrons. The molecule has 1 aromatic heterocycles. The van der Waals surface area contributed by atoms with Crippen LogP contribution in [0.3, 0.4) is 0 Å². The normalized spacial score (nSPS) is 10.4. The number of halogens is 1. The first-order chi connectivity index (χ1) is 8.15. The fourth-order valence-corrected chi connectivity index (χ4v) is 3.10. The molecule has 0 saturated carbocycles. The molecule has 0 aliphatic heterocycles. The second-order valence-corrected chi connectivity index (χ2v) is 5.71. The van der Waals surface area contributed by atoms with Crippen molar-refractivity contribution in [3.63, 3.8) is 0 Å². The lowest BCUT2D eigenvalue weighted by atomic mass is 10.1. The van der Waals surface area contributed by atoms with Gasteiger partial charge in [-0.15, -0.1) is 23.1 Å². The number of hydrogen-bond acceptors (Lipinski definition) is 3.